The normalized spacial score (nSPS) is 10.1. The predicted molar refractivity (Wildman–Crippen MR) is 67.5 cm³/mol. The molecule has 0 spiro atoms. The van der Waals surface area contributed by atoms with Crippen molar-refractivity contribution in [1.29, 1.82) is 0 Å². The molecule has 88 valence electrons. The standard InChI is InChI=1S/C12H18N2OS/c1-3-14(4-2)12(15)8-10-16-11-7-5-6-9-13-11/h5-7,9H,3-4,8,10H2,1-2H3. The number of carbonyl (C=O) groups excluding carboxylic acids is 1. The van der Waals surface area contributed by atoms with Gasteiger partial charge in [-0.3, -0.25) is 4.79 Å². The number of pyridine rings is 1. The number of hydrogen-bond acceptors (Lipinski definition) is 3. The van der Waals surface area contributed by atoms with E-state index >= 15 is 0 Å². The fraction of sp³-hybridized carbons (Fsp3) is 0.500. The molecular formula is C12H18N2OS. The molecule has 0 saturated heterocycles. The summed E-state index contributed by atoms with van der Waals surface area (Å²) in [6, 6.07) is 5.82. The van der Waals surface area contributed by atoms with Gasteiger partial charge in [0.25, 0.3) is 0 Å². The molecule has 0 atom stereocenters. The smallest absolute Gasteiger partial charge is 0.223 e. The Bertz CT molecular complexity index is 312. The van der Waals surface area contributed by atoms with Crippen LogP contribution in [0.2, 0.25) is 0 Å². The minimum atomic E-state index is 0.230. The number of nitrogens with zero attached hydrogens (tertiary/aromatic N) is 2. The summed E-state index contributed by atoms with van der Waals surface area (Å²) in [7, 11) is 0. The van der Waals surface area contributed by atoms with Crippen LogP contribution in [-0.2, 0) is 4.79 Å². The van der Waals surface area contributed by atoms with Crippen LogP contribution in [0.1, 0.15) is 20.3 Å². The molecule has 1 heterocycles. The summed E-state index contributed by atoms with van der Waals surface area (Å²) < 4.78 is 0. The SMILES string of the molecule is CCN(CC)C(=O)CCSc1ccccn1. The zero-order valence-corrected chi connectivity index (χ0v) is 10.7. The maximum Gasteiger partial charge on any atom is 0.223 e. The van der Waals surface area contributed by atoms with Crippen molar-refractivity contribution in [3.63, 3.8) is 0 Å². The molecule has 0 fully saturated rings. The summed E-state index contributed by atoms with van der Waals surface area (Å²) in [6.45, 7) is 5.60. The highest BCUT2D eigenvalue weighted by molar-refractivity contribution is 7.99. The van der Waals surface area contributed by atoms with Gasteiger partial charge in [-0.15, -0.1) is 11.8 Å². The maximum atomic E-state index is 11.7. The van der Waals surface area contributed by atoms with Crippen molar-refractivity contribution in [2.24, 2.45) is 0 Å². The molecule has 0 radical (unpaired) electrons. The Kier molecular flexibility index (Phi) is 5.93. The fourth-order valence-corrected chi connectivity index (χ4v) is 2.21. The highest BCUT2D eigenvalue weighted by Gasteiger charge is 2.08. The Hall–Kier alpha value is -1.03. The van der Waals surface area contributed by atoms with Crippen LogP contribution in [0.3, 0.4) is 0 Å². The summed E-state index contributed by atoms with van der Waals surface area (Å²) in [5.41, 5.74) is 0. The number of thioether (sulfide) groups is 1. The van der Waals surface area contributed by atoms with Crippen molar-refractivity contribution in [3.8, 4) is 0 Å². The van der Waals surface area contributed by atoms with Crippen molar-refractivity contribution in [1.82, 2.24) is 9.88 Å². The van der Waals surface area contributed by atoms with Crippen molar-refractivity contribution in [2.45, 2.75) is 25.3 Å². The summed E-state index contributed by atoms with van der Waals surface area (Å²) in [6.07, 6.45) is 2.36. The first-order valence-electron chi connectivity index (χ1n) is 5.59. The largest absolute Gasteiger partial charge is 0.343 e. The summed E-state index contributed by atoms with van der Waals surface area (Å²) >= 11 is 1.63. The number of carbonyl (C=O) groups is 1. The molecule has 16 heavy (non-hydrogen) atoms. The molecule has 1 rings (SSSR count). The van der Waals surface area contributed by atoms with Crippen molar-refractivity contribution in [2.75, 3.05) is 18.8 Å². The predicted octanol–water partition coefficient (Wildman–Crippen LogP) is 2.43. The van der Waals surface area contributed by atoms with Crippen LogP contribution in [0.5, 0.6) is 0 Å². The van der Waals surface area contributed by atoms with E-state index in [1.165, 1.54) is 0 Å². The third-order valence-corrected chi connectivity index (χ3v) is 3.27. The topological polar surface area (TPSA) is 33.2 Å². The van der Waals surface area contributed by atoms with E-state index < -0.39 is 0 Å². The Morgan fingerprint density at radius 3 is 2.69 bits per heavy atom. The van der Waals surface area contributed by atoms with E-state index in [0.29, 0.717) is 6.42 Å². The molecule has 0 unspecified atom stereocenters. The Morgan fingerprint density at radius 2 is 2.12 bits per heavy atom. The van der Waals surface area contributed by atoms with E-state index in [0.717, 1.165) is 23.9 Å². The lowest BCUT2D eigenvalue weighted by Gasteiger charge is -2.18. The Balaban J connectivity index is 2.28. The number of rotatable bonds is 6. The van der Waals surface area contributed by atoms with Crippen LogP contribution in [0.4, 0.5) is 0 Å². The average Bonchev–Trinajstić information content (AvgIpc) is 2.32. The number of aromatic nitrogens is 1. The first-order valence-corrected chi connectivity index (χ1v) is 6.58. The zero-order chi connectivity index (χ0) is 11.8. The quantitative estimate of drug-likeness (QED) is 0.714. The highest BCUT2D eigenvalue weighted by Crippen LogP contribution is 2.15. The maximum absolute atomic E-state index is 11.7. The lowest BCUT2D eigenvalue weighted by Crippen LogP contribution is -2.30. The zero-order valence-electron chi connectivity index (χ0n) is 9.85. The molecule has 1 aromatic rings. The van der Waals surface area contributed by atoms with Crippen LogP contribution < -0.4 is 0 Å². The van der Waals surface area contributed by atoms with Crippen LogP contribution in [0, 0.1) is 0 Å². The van der Waals surface area contributed by atoms with Gasteiger partial charge in [0.2, 0.25) is 5.91 Å². The Labute approximate surface area is 101 Å². The van der Waals surface area contributed by atoms with Gasteiger partial charge in [0.15, 0.2) is 0 Å². The molecule has 0 aliphatic rings. The van der Waals surface area contributed by atoms with E-state index in [-0.39, 0.29) is 5.91 Å². The van der Waals surface area contributed by atoms with Crippen LogP contribution in [0.15, 0.2) is 29.4 Å². The molecule has 1 amide bonds. The lowest BCUT2D eigenvalue weighted by molar-refractivity contribution is -0.130. The molecule has 0 aliphatic carbocycles. The second-order valence-corrected chi connectivity index (χ2v) is 4.45. The third kappa shape index (κ3) is 4.23. The number of hydrogen-bond donors (Lipinski definition) is 0. The molecule has 4 heteroatoms. The lowest BCUT2D eigenvalue weighted by atomic mass is 10.4. The van der Waals surface area contributed by atoms with E-state index in [1.54, 1.807) is 18.0 Å². The second kappa shape index (κ2) is 7.28. The third-order valence-electron chi connectivity index (χ3n) is 2.32. The monoisotopic (exact) mass is 238 g/mol. The first kappa shape index (κ1) is 13.0. The molecule has 0 aromatic carbocycles. The van der Waals surface area contributed by atoms with Gasteiger partial charge >= 0.3 is 0 Å². The Morgan fingerprint density at radius 1 is 1.38 bits per heavy atom. The van der Waals surface area contributed by atoms with E-state index in [4.69, 9.17) is 0 Å². The van der Waals surface area contributed by atoms with E-state index in [9.17, 15) is 4.79 Å². The fourth-order valence-electron chi connectivity index (χ4n) is 1.41. The molecule has 0 N–H and O–H groups in total. The number of amides is 1. The van der Waals surface area contributed by atoms with Gasteiger partial charge < -0.3 is 4.90 Å². The van der Waals surface area contributed by atoms with Crippen molar-refractivity contribution >= 4 is 17.7 Å². The molecular weight excluding hydrogens is 220 g/mol. The average molecular weight is 238 g/mol. The van der Waals surface area contributed by atoms with Gasteiger partial charge in [-0.1, -0.05) is 6.07 Å². The van der Waals surface area contributed by atoms with Gasteiger partial charge in [0.1, 0.15) is 0 Å². The summed E-state index contributed by atoms with van der Waals surface area (Å²) in [5, 5.41) is 0.981. The van der Waals surface area contributed by atoms with Crippen molar-refractivity contribution < 1.29 is 4.79 Å². The molecule has 1 aromatic heterocycles. The summed E-state index contributed by atoms with van der Waals surface area (Å²) in [5.74, 6) is 1.03. The first-order chi connectivity index (χ1) is 7.77. The highest BCUT2D eigenvalue weighted by atomic mass is 32.2. The molecule has 3 nitrogen and oxygen atoms in total. The summed E-state index contributed by atoms with van der Waals surface area (Å²) in [4.78, 5) is 17.7. The van der Waals surface area contributed by atoms with Crippen LogP contribution in [0.25, 0.3) is 0 Å². The molecule has 0 saturated carbocycles. The van der Waals surface area contributed by atoms with Crippen LogP contribution in [-0.4, -0.2) is 34.6 Å². The van der Waals surface area contributed by atoms with Crippen LogP contribution >= 0.6 is 11.8 Å². The molecule has 0 aliphatic heterocycles. The van der Waals surface area contributed by atoms with Gasteiger partial charge in [0, 0.05) is 31.5 Å². The van der Waals surface area contributed by atoms with Gasteiger partial charge in [-0.25, -0.2) is 4.98 Å². The molecule has 0 bridgehead atoms. The van der Waals surface area contributed by atoms with Gasteiger partial charge in [0.05, 0.1) is 5.03 Å². The van der Waals surface area contributed by atoms with E-state index in [2.05, 4.69) is 4.98 Å². The second-order valence-electron chi connectivity index (χ2n) is 3.33. The van der Waals surface area contributed by atoms with Crippen molar-refractivity contribution in [3.05, 3.63) is 24.4 Å². The van der Waals surface area contributed by atoms with Gasteiger partial charge in [-0.2, -0.15) is 0 Å². The minimum Gasteiger partial charge on any atom is -0.343 e. The minimum absolute atomic E-state index is 0.230. The van der Waals surface area contributed by atoms with E-state index in [1.807, 2.05) is 36.9 Å². The van der Waals surface area contributed by atoms with Gasteiger partial charge in [-0.05, 0) is 26.0 Å².